The van der Waals surface area contributed by atoms with Gasteiger partial charge in [-0.15, -0.1) is 0 Å². The molecule has 2 rings (SSSR count). The van der Waals surface area contributed by atoms with E-state index in [4.69, 9.17) is 4.74 Å². The molecule has 110 valence electrons. The van der Waals surface area contributed by atoms with Crippen molar-refractivity contribution in [2.45, 2.75) is 20.3 Å². The molecule has 2 aromatic carbocycles. The lowest BCUT2D eigenvalue weighted by Gasteiger charge is -2.08. The number of hydrogen-bond donors (Lipinski definition) is 1. The zero-order valence-corrected chi connectivity index (χ0v) is 13.7. The summed E-state index contributed by atoms with van der Waals surface area (Å²) in [5.41, 5.74) is 2.48. The van der Waals surface area contributed by atoms with Crippen molar-refractivity contribution in [3.8, 4) is 11.5 Å². The first-order valence-corrected chi connectivity index (χ1v) is 7.65. The Hall–Kier alpha value is -1.81. The first-order chi connectivity index (χ1) is 10.1. The highest BCUT2D eigenvalue weighted by Crippen LogP contribution is 2.28. The molecule has 0 saturated heterocycles. The third kappa shape index (κ3) is 4.33. The van der Waals surface area contributed by atoms with Crippen LogP contribution in [0.4, 0.5) is 5.69 Å². The van der Waals surface area contributed by atoms with Crippen LogP contribution in [0.3, 0.4) is 0 Å². The summed E-state index contributed by atoms with van der Waals surface area (Å²) in [5, 5.41) is 9.82. The molecule has 0 amide bonds. The average molecular weight is 348 g/mol. The summed E-state index contributed by atoms with van der Waals surface area (Å²) in [4.78, 5) is 4.37. The Morgan fingerprint density at radius 1 is 1.24 bits per heavy atom. The zero-order valence-electron chi connectivity index (χ0n) is 12.1. The van der Waals surface area contributed by atoms with Crippen LogP contribution in [-0.2, 0) is 0 Å². The fraction of sp³-hybridized carbons (Fsp3) is 0.235. The number of rotatable bonds is 5. The molecule has 3 nitrogen and oxygen atoms in total. The van der Waals surface area contributed by atoms with E-state index in [0.717, 1.165) is 27.8 Å². The minimum absolute atomic E-state index is 0.169. The molecule has 0 unspecified atom stereocenters. The predicted molar refractivity (Wildman–Crippen MR) is 90.0 cm³/mol. The Bertz CT molecular complexity index is 653. The Morgan fingerprint density at radius 3 is 2.81 bits per heavy atom. The zero-order chi connectivity index (χ0) is 15.2. The van der Waals surface area contributed by atoms with E-state index in [1.54, 1.807) is 12.3 Å². The second kappa shape index (κ2) is 7.27. The molecule has 0 aliphatic rings. The molecule has 0 aliphatic heterocycles. The highest BCUT2D eigenvalue weighted by Gasteiger charge is 2.04. The molecule has 0 bridgehead atoms. The van der Waals surface area contributed by atoms with Crippen LogP contribution < -0.4 is 4.74 Å². The molecule has 0 heterocycles. The van der Waals surface area contributed by atoms with Crippen LogP contribution in [0, 0.1) is 6.92 Å². The van der Waals surface area contributed by atoms with Gasteiger partial charge in [0.2, 0.25) is 0 Å². The van der Waals surface area contributed by atoms with Crippen molar-refractivity contribution in [1.82, 2.24) is 0 Å². The molecule has 0 saturated carbocycles. The summed E-state index contributed by atoms with van der Waals surface area (Å²) < 4.78 is 6.67. The second-order valence-electron chi connectivity index (χ2n) is 4.78. The number of phenols is 1. The van der Waals surface area contributed by atoms with Gasteiger partial charge >= 0.3 is 0 Å². The number of ether oxygens (including phenoxy) is 1. The number of hydrogen-bond acceptors (Lipinski definition) is 3. The molecule has 0 fully saturated rings. The van der Waals surface area contributed by atoms with Crippen molar-refractivity contribution in [2.24, 2.45) is 4.99 Å². The molecule has 1 N–H and O–H groups in total. The van der Waals surface area contributed by atoms with E-state index in [-0.39, 0.29) is 5.75 Å². The highest BCUT2D eigenvalue weighted by atomic mass is 79.9. The summed E-state index contributed by atoms with van der Waals surface area (Å²) in [7, 11) is 0. The monoisotopic (exact) mass is 347 g/mol. The van der Waals surface area contributed by atoms with Gasteiger partial charge in [0, 0.05) is 16.3 Å². The summed E-state index contributed by atoms with van der Waals surface area (Å²) in [6, 6.07) is 11.1. The van der Waals surface area contributed by atoms with Gasteiger partial charge in [0.15, 0.2) is 0 Å². The number of phenolic OH excluding ortho intramolecular Hbond substituents is 1. The molecule has 2 aromatic rings. The minimum Gasteiger partial charge on any atom is -0.506 e. The average Bonchev–Trinajstić information content (AvgIpc) is 2.47. The largest absolute Gasteiger partial charge is 0.506 e. The smallest absolute Gasteiger partial charge is 0.141 e. The van der Waals surface area contributed by atoms with Gasteiger partial charge in [-0.3, -0.25) is 4.99 Å². The maximum atomic E-state index is 9.82. The number of benzene rings is 2. The number of nitrogens with zero attached hydrogens (tertiary/aromatic N) is 1. The first-order valence-electron chi connectivity index (χ1n) is 6.86. The molecule has 0 radical (unpaired) electrons. The lowest BCUT2D eigenvalue weighted by Crippen LogP contribution is -1.98. The van der Waals surface area contributed by atoms with Crippen molar-refractivity contribution in [3.63, 3.8) is 0 Å². The topological polar surface area (TPSA) is 41.8 Å². The Balaban J connectivity index is 2.31. The van der Waals surface area contributed by atoms with Crippen molar-refractivity contribution >= 4 is 27.8 Å². The van der Waals surface area contributed by atoms with Crippen molar-refractivity contribution in [2.75, 3.05) is 6.61 Å². The van der Waals surface area contributed by atoms with Gasteiger partial charge in [-0.1, -0.05) is 28.9 Å². The van der Waals surface area contributed by atoms with E-state index < -0.39 is 0 Å². The Kier molecular flexibility index (Phi) is 5.39. The molecule has 0 aromatic heterocycles. The molecule has 21 heavy (non-hydrogen) atoms. The van der Waals surface area contributed by atoms with Crippen LogP contribution in [0.5, 0.6) is 11.5 Å². The van der Waals surface area contributed by atoms with Gasteiger partial charge in [-0.25, -0.2) is 0 Å². The van der Waals surface area contributed by atoms with Gasteiger partial charge in [-0.2, -0.15) is 0 Å². The van der Waals surface area contributed by atoms with E-state index in [2.05, 4.69) is 27.8 Å². The van der Waals surface area contributed by atoms with Gasteiger partial charge in [0.05, 0.1) is 6.61 Å². The van der Waals surface area contributed by atoms with Crippen LogP contribution in [0.25, 0.3) is 0 Å². The maximum Gasteiger partial charge on any atom is 0.141 e. The van der Waals surface area contributed by atoms with Gasteiger partial charge in [0.25, 0.3) is 0 Å². The minimum atomic E-state index is 0.169. The van der Waals surface area contributed by atoms with Crippen LogP contribution in [0.2, 0.25) is 0 Å². The summed E-state index contributed by atoms with van der Waals surface area (Å²) in [5.74, 6) is 0.957. The molecule has 0 atom stereocenters. The number of aliphatic imine (C=N–C) groups is 1. The Labute approximate surface area is 133 Å². The third-order valence-electron chi connectivity index (χ3n) is 2.91. The van der Waals surface area contributed by atoms with Gasteiger partial charge in [-0.05, 0) is 49.2 Å². The normalized spacial score (nSPS) is 11.0. The van der Waals surface area contributed by atoms with E-state index >= 15 is 0 Å². The highest BCUT2D eigenvalue weighted by molar-refractivity contribution is 9.10. The molecule has 0 aliphatic carbocycles. The molecular formula is C17H18BrNO2. The van der Waals surface area contributed by atoms with E-state index in [9.17, 15) is 5.11 Å². The van der Waals surface area contributed by atoms with Crippen LogP contribution >= 0.6 is 15.9 Å². The van der Waals surface area contributed by atoms with Gasteiger partial charge in [0.1, 0.15) is 17.2 Å². The standard InChI is InChI=1S/C17H18BrNO2/c1-3-8-21-17-7-5-14(18)10-13(17)11-19-15-9-12(2)4-6-16(15)20/h4-7,9-11,20H,3,8H2,1-2H3. The SMILES string of the molecule is CCCOc1ccc(Br)cc1C=Nc1cc(C)ccc1O. The Morgan fingerprint density at radius 2 is 2.05 bits per heavy atom. The van der Waals surface area contributed by atoms with Gasteiger partial charge < -0.3 is 9.84 Å². The number of aromatic hydroxyl groups is 1. The maximum absolute atomic E-state index is 9.82. The fourth-order valence-electron chi connectivity index (χ4n) is 1.84. The molecule has 0 spiro atoms. The van der Waals surface area contributed by atoms with Crippen LogP contribution in [0.1, 0.15) is 24.5 Å². The van der Waals surface area contributed by atoms with E-state index in [1.165, 1.54) is 0 Å². The van der Waals surface area contributed by atoms with Crippen molar-refractivity contribution in [1.29, 1.82) is 0 Å². The van der Waals surface area contributed by atoms with Crippen LogP contribution in [0.15, 0.2) is 45.9 Å². The second-order valence-corrected chi connectivity index (χ2v) is 5.70. The van der Waals surface area contributed by atoms with Crippen molar-refractivity contribution in [3.05, 3.63) is 52.0 Å². The summed E-state index contributed by atoms with van der Waals surface area (Å²) in [6.07, 6.45) is 2.66. The molecular weight excluding hydrogens is 330 g/mol. The summed E-state index contributed by atoms with van der Waals surface area (Å²) >= 11 is 3.45. The summed E-state index contributed by atoms with van der Waals surface area (Å²) in [6.45, 7) is 4.70. The third-order valence-corrected chi connectivity index (χ3v) is 3.40. The number of halogens is 1. The van der Waals surface area contributed by atoms with E-state index in [1.807, 2.05) is 37.3 Å². The fourth-order valence-corrected chi connectivity index (χ4v) is 2.22. The quantitative estimate of drug-likeness (QED) is 0.773. The van der Waals surface area contributed by atoms with E-state index in [0.29, 0.717) is 12.3 Å². The van der Waals surface area contributed by atoms with Crippen molar-refractivity contribution < 1.29 is 9.84 Å². The molecule has 4 heteroatoms. The lowest BCUT2D eigenvalue weighted by atomic mass is 10.2. The first kappa shape index (κ1) is 15.6. The van der Waals surface area contributed by atoms with Crippen LogP contribution in [-0.4, -0.2) is 17.9 Å². The predicted octanol–water partition coefficient (Wildman–Crippen LogP) is 5.00. The number of aryl methyl sites for hydroxylation is 1. The lowest BCUT2D eigenvalue weighted by molar-refractivity contribution is 0.317.